The third kappa shape index (κ3) is 4.99. The third-order valence-electron chi connectivity index (χ3n) is 3.83. The number of methoxy groups -OCH3 is 1. The second-order valence-corrected chi connectivity index (χ2v) is 5.48. The second kappa shape index (κ2) is 7.95. The summed E-state index contributed by atoms with van der Waals surface area (Å²) in [6.07, 6.45) is 3.97. The van der Waals surface area contributed by atoms with Crippen LogP contribution in [0.3, 0.4) is 0 Å². The molecule has 6 nitrogen and oxygen atoms in total. The molecule has 1 saturated heterocycles. The standard InChI is InChI=1S/C15H24N4O2/c1-21-8-7-19-6-2-3-12(11-19)9-17-14-5-4-13(10-18-14)15(16)20/h4-5,10,12H,2-3,6-9,11H2,1H3,(H2,16,20)(H,17,18). The van der Waals surface area contributed by atoms with Crippen LogP contribution in [0.4, 0.5) is 5.82 Å². The summed E-state index contributed by atoms with van der Waals surface area (Å²) in [5.41, 5.74) is 5.63. The number of likely N-dealkylation sites (tertiary alicyclic amines) is 1. The van der Waals surface area contributed by atoms with Gasteiger partial charge in [-0.25, -0.2) is 4.98 Å². The molecule has 6 heteroatoms. The Morgan fingerprint density at radius 1 is 1.57 bits per heavy atom. The third-order valence-corrected chi connectivity index (χ3v) is 3.83. The van der Waals surface area contributed by atoms with Gasteiger partial charge in [-0.15, -0.1) is 0 Å². The molecule has 0 spiro atoms. The van der Waals surface area contributed by atoms with Crippen molar-refractivity contribution in [3.63, 3.8) is 0 Å². The maximum absolute atomic E-state index is 11.0. The zero-order valence-corrected chi connectivity index (χ0v) is 12.5. The average Bonchev–Trinajstić information content (AvgIpc) is 2.52. The highest BCUT2D eigenvalue weighted by atomic mass is 16.5. The molecule has 116 valence electrons. The topological polar surface area (TPSA) is 80.5 Å². The number of nitrogens with one attached hydrogen (secondary N) is 1. The van der Waals surface area contributed by atoms with Crippen LogP contribution in [0, 0.1) is 5.92 Å². The second-order valence-electron chi connectivity index (χ2n) is 5.48. The number of pyridine rings is 1. The zero-order chi connectivity index (χ0) is 15.1. The molecule has 0 aromatic carbocycles. The zero-order valence-electron chi connectivity index (χ0n) is 12.5. The molecule has 3 N–H and O–H groups in total. The first kappa shape index (κ1) is 15.7. The van der Waals surface area contributed by atoms with E-state index >= 15 is 0 Å². The van der Waals surface area contributed by atoms with E-state index in [0.717, 1.165) is 38.6 Å². The van der Waals surface area contributed by atoms with Crippen molar-refractivity contribution in [3.05, 3.63) is 23.9 Å². The molecule has 1 aromatic heterocycles. The number of amides is 1. The number of nitrogens with two attached hydrogens (primary N) is 1. The van der Waals surface area contributed by atoms with Crippen molar-refractivity contribution >= 4 is 11.7 Å². The number of nitrogens with zero attached hydrogens (tertiary/aromatic N) is 2. The highest BCUT2D eigenvalue weighted by molar-refractivity contribution is 5.92. The van der Waals surface area contributed by atoms with Gasteiger partial charge in [0.05, 0.1) is 12.2 Å². The van der Waals surface area contributed by atoms with Crippen molar-refractivity contribution in [3.8, 4) is 0 Å². The summed E-state index contributed by atoms with van der Waals surface area (Å²) in [7, 11) is 1.74. The molecular weight excluding hydrogens is 268 g/mol. The minimum atomic E-state index is -0.449. The van der Waals surface area contributed by atoms with Gasteiger partial charge in [0.15, 0.2) is 0 Å². The highest BCUT2D eigenvalue weighted by Gasteiger charge is 2.19. The fourth-order valence-corrected chi connectivity index (χ4v) is 2.63. The summed E-state index contributed by atoms with van der Waals surface area (Å²) in [5.74, 6) is 0.956. The van der Waals surface area contributed by atoms with Gasteiger partial charge in [-0.2, -0.15) is 0 Å². The molecule has 1 amide bonds. The molecule has 1 fully saturated rings. The summed E-state index contributed by atoms with van der Waals surface area (Å²) in [6.45, 7) is 4.93. The van der Waals surface area contributed by atoms with E-state index in [-0.39, 0.29) is 0 Å². The molecule has 0 radical (unpaired) electrons. The van der Waals surface area contributed by atoms with Crippen LogP contribution in [-0.2, 0) is 4.74 Å². The van der Waals surface area contributed by atoms with Crippen LogP contribution in [-0.4, -0.2) is 55.7 Å². The number of carbonyl (C=O) groups excluding carboxylic acids is 1. The van der Waals surface area contributed by atoms with Crippen molar-refractivity contribution in [2.75, 3.05) is 45.2 Å². The lowest BCUT2D eigenvalue weighted by Crippen LogP contribution is -2.39. The van der Waals surface area contributed by atoms with E-state index in [2.05, 4.69) is 15.2 Å². The average molecular weight is 292 g/mol. The van der Waals surface area contributed by atoms with Gasteiger partial charge < -0.3 is 20.7 Å². The van der Waals surface area contributed by atoms with Crippen LogP contribution in [0.25, 0.3) is 0 Å². The van der Waals surface area contributed by atoms with E-state index in [0.29, 0.717) is 11.5 Å². The minimum absolute atomic E-state index is 0.434. The molecular formula is C15H24N4O2. The van der Waals surface area contributed by atoms with E-state index < -0.39 is 5.91 Å². The molecule has 0 saturated carbocycles. The Hall–Kier alpha value is -1.66. The number of piperidine rings is 1. The van der Waals surface area contributed by atoms with Crippen molar-refractivity contribution < 1.29 is 9.53 Å². The van der Waals surface area contributed by atoms with Gasteiger partial charge in [-0.05, 0) is 37.4 Å². The van der Waals surface area contributed by atoms with E-state index in [1.54, 1.807) is 19.2 Å². The number of aromatic nitrogens is 1. The molecule has 1 aromatic rings. The van der Waals surface area contributed by atoms with Gasteiger partial charge in [0.1, 0.15) is 5.82 Å². The quantitative estimate of drug-likeness (QED) is 0.782. The number of ether oxygens (including phenoxy) is 1. The van der Waals surface area contributed by atoms with E-state index in [9.17, 15) is 4.79 Å². The monoisotopic (exact) mass is 292 g/mol. The van der Waals surface area contributed by atoms with Crippen molar-refractivity contribution in [1.29, 1.82) is 0 Å². The summed E-state index contributed by atoms with van der Waals surface area (Å²) in [5, 5.41) is 3.34. The van der Waals surface area contributed by atoms with Crippen LogP contribution >= 0.6 is 0 Å². The lowest BCUT2D eigenvalue weighted by atomic mass is 9.98. The number of rotatable bonds is 7. The minimum Gasteiger partial charge on any atom is -0.383 e. The van der Waals surface area contributed by atoms with Gasteiger partial charge in [-0.3, -0.25) is 4.79 Å². The first-order chi connectivity index (χ1) is 10.2. The smallest absolute Gasteiger partial charge is 0.250 e. The van der Waals surface area contributed by atoms with Crippen LogP contribution in [0.2, 0.25) is 0 Å². The van der Waals surface area contributed by atoms with E-state index in [1.807, 2.05) is 0 Å². The van der Waals surface area contributed by atoms with Gasteiger partial charge in [0.25, 0.3) is 0 Å². The Morgan fingerprint density at radius 3 is 3.10 bits per heavy atom. The molecule has 2 rings (SSSR count). The van der Waals surface area contributed by atoms with Crippen LogP contribution < -0.4 is 11.1 Å². The molecule has 1 unspecified atom stereocenters. The van der Waals surface area contributed by atoms with Crippen molar-refractivity contribution in [2.45, 2.75) is 12.8 Å². The number of carbonyl (C=O) groups is 1. The van der Waals surface area contributed by atoms with Crippen molar-refractivity contribution in [2.24, 2.45) is 11.7 Å². The number of hydrogen-bond donors (Lipinski definition) is 2. The lowest BCUT2D eigenvalue weighted by Gasteiger charge is -2.32. The molecule has 0 bridgehead atoms. The summed E-state index contributed by atoms with van der Waals surface area (Å²) < 4.78 is 5.13. The Morgan fingerprint density at radius 2 is 2.43 bits per heavy atom. The van der Waals surface area contributed by atoms with Crippen LogP contribution in [0.15, 0.2) is 18.3 Å². The molecule has 21 heavy (non-hydrogen) atoms. The largest absolute Gasteiger partial charge is 0.383 e. The summed E-state index contributed by atoms with van der Waals surface area (Å²) in [6, 6.07) is 3.50. The number of anilines is 1. The van der Waals surface area contributed by atoms with Gasteiger partial charge >= 0.3 is 0 Å². The van der Waals surface area contributed by atoms with Crippen LogP contribution in [0.5, 0.6) is 0 Å². The molecule has 1 aliphatic heterocycles. The first-order valence-electron chi connectivity index (χ1n) is 7.40. The fraction of sp³-hybridized carbons (Fsp3) is 0.600. The predicted octanol–water partition coefficient (Wildman–Crippen LogP) is 0.951. The van der Waals surface area contributed by atoms with Gasteiger partial charge in [0.2, 0.25) is 5.91 Å². The van der Waals surface area contributed by atoms with Crippen LogP contribution in [0.1, 0.15) is 23.2 Å². The Bertz CT molecular complexity index is 449. The number of hydrogen-bond acceptors (Lipinski definition) is 5. The first-order valence-corrected chi connectivity index (χ1v) is 7.40. The Kier molecular flexibility index (Phi) is 5.95. The number of primary amides is 1. The summed E-state index contributed by atoms with van der Waals surface area (Å²) >= 11 is 0. The highest BCUT2D eigenvalue weighted by Crippen LogP contribution is 2.17. The Balaban J connectivity index is 1.78. The normalized spacial score (nSPS) is 19.4. The van der Waals surface area contributed by atoms with E-state index in [4.69, 9.17) is 10.5 Å². The maximum atomic E-state index is 11.0. The Labute approximate surface area is 125 Å². The maximum Gasteiger partial charge on any atom is 0.250 e. The van der Waals surface area contributed by atoms with Crippen molar-refractivity contribution in [1.82, 2.24) is 9.88 Å². The summed E-state index contributed by atoms with van der Waals surface area (Å²) in [4.78, 5) is 17.6. The molecule has 1 aliphatic rings. The molecule has 0 aliphatic carbocycles. The molecule has 1 atom stereocenters. The SMILES string of the molecule is COCCN1CCCC(CNc2ccc(C(N)=O)cn2)C1. The van der Waals surface area contributed by atoms with Gasteiger partial charge in [-0.1, -0.05) is 0 Å². The molecule has 2 heterocycles. The predicted molar refractivity (Wildman–Crippen MR) is 82.3 cm³/mol. The van der Waals surface area contributed by atoms with E-state index in [1.165, 1.54) is 19.0 Å². The van der Waals surface area contributed by atoms with Gasteiger partial charge in [0, 0.05) is 32.9 Å². The fourth-order valence-electron chi connectivity index (χ4n) is 2.63. The lowest BCUT2D eigenvalue weighted by molar-refractivity contribution is 0.1000.